The van der Waals surface area contributed by atoms with Gasteiger partial charge < -0.3 is 4.98 Å². The minimum atomic E-state index is 0.825. The second-order valence-corrected chi connectivity index (χ2v) is 6.02. The first kappa shape index (κ1) is 14.7. The first-order chi connectivity index (χ1) is 11.8. The van der Waals surface area contributed by atoms with Crippen LogP contribution in [-0.4, -0.2) is 20.2 Å². The van der Waals surface area contributed by atoms with Gasteiger partial charge in [-0.25, -0.2) is 4.98 Å². The van der Waals surface area contributed by atoms with Crippen LogP contribution in [0.1, 0.15) is 31.7 Å². The molecule has 2 N–H and O–H groups in total. The highest BCUT2D eigenvalue weighted by Gasteiger charge is 2.11. The van der Waals surface area contributed by atoms with E-state index in [1.165, 1.54) is 18.4 Å². The molecule has 4 heteroatoms. The Kier molecular flexibility index (Phi) is 3.87. The first-order valence-electron chi connectivity index (χ1n) is 8.45. The van der Waals surface area contributed by atoms with Crippen molar-refractivity contribution >= 4 is 28.0 Å². The molecular formula is C20H20N4. The lowest BCUT2D eigenvalue weighted by molar-refractivity contribution is 0.816. The van der Waals surface area contributed by atoms with Crippen molar-refractivity contribution < 1.29 is 0 Å². The maximum absolute atomic E-state index is 4.71. The molecule has 2 aromatic heterocycles. The molecule has 0 aliphatic heterocycles. The molecule has 0 fully saturated rings. The van der Waals surface area contributed by atoms with Crippen LogP contribution < -0.4 is 0 Å². The number of para-hydroxylation sites is 1. The number of aromatic amines is 2. The molecule has 4 aromatic rings. The third-order valence-corrected chi connectivity index (χ3v) is 4.24. The first-order valence-corrected chi connectivity index (χ1v) is 8.45. The van der Waals surface area contributed by atoms with Crippen LogP contribution in [-0.2, 0) is 0 Å². The number of imidazole rings is 1. The average Bonchev–Trinajstić information content (AvgIpc) is 3.21. The van der Waals surface area contributed by atoms with E-state index < -0.39 is 0 Å². The highest BCUT2D eigenvalue weighted by atomic mass is 15.1. The van der Waals surface area contributed by atoms with E-state index >= 15 is 0 Å². The SMILES string of the molecule is CCCCC=Cc1ccc2nc(-c3[nH]nc4ccccc34)[nH]c2c1. The third kappa shape index (κ3) is 2.71. The minimum Gasteiger partial charge on any atom is -0.337 e. The molecule has 0 radical (unpaired) electrons. The average molecular weight is 316 g/mol. The second-order valence-electron chi connectivity index (χ2n) is 6.02. The Bertz CT molecular complexity index is 1010. The number of benzene rings is 2. The number of fused-ring (bicyclic) bond motifs is 2. The van der Waals surface area contributed by atoms with Gasteiger partial charge in [-0.2, -0.15) is 5.10 Å². The van der Waals surface area contributed by atoms with Gasteiger partial charge >= 0.3 is 0 Å². The number of rotatable bonds is 5. The Labute approximate surface area is 140 Å². The van der Waals surface area contributed by atoms with Crippen molar-refractivity contribution in [2.75, 3.05) is 0 Å². The van der Waals surface area contributed by atoms with Crippen molar-refractivity contribution in [1.29, 1.82) is 0 Å². The number of nitrogens with one attached hydrogen (secondary N) is 2. The van der Waals surface area contributed by atoms with Gasteiger partial charge in [-0.1, -0.05) is 56.2 Å². The summed E-state index contributed by atoms with van der Waals surface area (Å²) in [7, 11) is 0. The number of allylic oxidation sites excluding steroid dienone is 1. The minimum absolute atomic E-state index is 0.825. The largest absolute Gasteiger partial charge is 0.337 e. The van der Waals surface area contributed by atoms with Gasteiger partial charge in [0.25, 0.3) is 0 Å². The summed E-state index contributed by atoms with van der Waals surface area (Å²) < 4.78 is 0. The van der Waals surface area contributed by atoms with Gasteiger partial charge in [-0.15, -0.1) is 0 Å². The van der Waals surface area contributed by atoms with Crippen LogP contribution in [0.5, 0.6) is 0 Å². The molecule has 4 rings (SSSR count). The molecule has 120 valence electrons. The Morgan fingerprint density at radius 1 is 1.08 bits per heavy atom. The maximum Gasteiger partial charge on any atom is 0.157 e. The van der Waals surface area contributed by atoms with Crippen LogP contribution in [0.15, 0.2) is 48.5 Å². The van der Waals surface area contributed by atoms with Crippen LogP contribution in [0.3, 0.4) is 0 Å². The number of nitrogens with zero attached hydrogens (tertiary/aromatic N) is 2. The lowest BCUT2D eigenvalue weighted by Crippen LogP contribution is -1.80. The van der Waals surface area contributed by atoms with Gasteiger partial charge in [0.2, 0.25) is 0 Å². The number of H-pyrrole nitrogens is 2. The summed E-state index contributed by atoms with van der Waals surface area (Å²) in [4.78, 5) is 8.12. The van der Waals surface area contributed by atoms with E-state index in [2.05, 4.69) is 58.5 Å². The molecular weight excluding hydrogens is 296 g/mol. The molecule has 2 aromatic carbocycles. The highest BCUT2D eigenvalue weighted by Crippen LogP contribution is 2.26. The van der Waals surface area contributed by atoms with Crippen molar-refractivity contribution in [3.05, 3.63) is 54.1 Å². The summed E-state index contributed by atoms with van der Waals surface area (Å²) in [5.41, 5.74) is 5.09. The summed E-state index contributed by atoms with van der Waals surface area (Å²) in [6.45, 7) is 2.21. The number of hydrogen-bond donors (Lipinski definition) is 2. The van der Waals surface area contributed by atoms with E-state index in [1.54, 1.807) is 0 Å². The van der Waals surface area contributed by atoms with E-state index in [9.17, 15) is 0 Å². The monoisotopic (exact) mass is 316 g/mol. The zero-order chi connectivity index (χ0) is 16.4. The predicted molar refractivity (Wildman–Crippen MR) is 99.7 cm³/mol. The van der Waals surface area contributed by atoms with Crippen molar-refractivity contribution in [2.45, 2.75) is 26.2 Å². The van der Waals surface area contributed by atoms with Crippen LogP contribution >= 0.6 is 0 Å². The van der Waals surface area contributed by atoms with E-state index in [4.69, 9.17) is 4.98 Å². The number of hydrogen-bond acceptors (Lipinski definition) is 2. The third-order valence-electron chi connectivity index (χ3n) is 4.24. The van der Waals surface area contributed by atoms with Crippen LogP contribution in [0.25, 0.3) is 39.5 Å². The summed E-state index contributed by atoms with van der Waals surface area (Å²) in [6, 6.07) is 14.4. The standard InChI is InChI=1S/C20H20N4/c1-2-3-4-5-8-14-11-12-17-18(13-14)22-20(21-17)19-15-9-6-7-10-16(15)23-24-19/h5-13H,2-4H2,1H3,(H,21,22)(H,23,24). The Morgan fingerprint density at radius 3 is 2.92 bits per heavy atom. The zero-order valence-corrected chi connectivity index (χ0v) is 13.7. The van der Waals surface area contributed by atoms with Gasteiger partial charge in [0, 0.05) is 5.39 Å². The van der Waals surface area contributed by atoms with Crippen LogP contribution in [0, 0.1) is 0 Å². The molecule has 0 aliphatic rings. The van der Waals surface area contributed by atoms with Gasteiger partial charge in [0.1, 0.15) is 5.69 Å². The Balaban J connectivity index is 1.69. The van der Waals surface area contributed by atoms with E-state index in [0.29, 0.717) is 0 Å². The van der Waals surface area contributed by atoms with Crippen molar-refractivity contribution in [3.8, 4) is 11.5 Å². The van der Waals surface area contributed by atoms with E-state index in [0.717, 1.165) is 39.9 Å². The van der Waals surface area contributed by atoms with Gasteiger partial charge in [0.05, 0.1) is 16.6 Å². The summed E-state index contributed by atoms with van der Waals surface area (Å²) in [5.74, 6) is 0.825. The maximum atomic E-state index is 4.71. The topological polar surface area (TPSA) is 57.4 Å². The highest BCUT2D eigenvalue weighted by molar-refractivity contribution is 5.93. The van der Waals surface area contributed by atoms with Crippen molar-refractivity contribution in [2.24, 2.45) is 0 Å². The van der Waals surface area contributed by atoms with Crippen LogP contribution in [0.4, 0.5) is 0 Å². The normalized spacial score (nSPS) is 11.9. The molecule has 0 atom stereocenters. The van der Waals surface area contributed by atoms with Crippen LogP contribution in [0.2, 0.25) is 0 Å². The lowest BCUT2D eigenvalue weighted by Gasteiger charge is -1.94. The summed E-state index contributed by atoms with van der Waals surface area (Å²) in [5, 5.41) is 8.52. The molecule has 0 spiro atoms. The lowest BCUT2D eigenvalue weighted by atomic mass is 10.1. The molecule has 24 heavy (non-hydrogen) atoms. The Morgan fingerprint density at radius 2 is 2.00 bits per heavy atom. The van der Waals surface area contributed by atoms with Gasteiger partial charge in [-0.05, 0) is 30.2 Å². The fourth-order valence-electron chi connectivity index (χ4n) is 2.93. The smallest absolute Gasteiger partial charge is 0.157 e. The molecule has 2 heterocycles. The second kappa shape index (κ2) is 6.32. The van der Waals surface area contributed by atoms with Gasteiger partial charge in [0.15, 0.2) is 5.82 Å². The quantitative estimate of drug-likeness (QED) is 0.490. The number of unbranched alkanes of at least 4 members (excludes halogenated alkanes) is 2. The predicted octanol–water partition coefficient (Wildman–Crippen LogP) is 5.31. The molecule has 0 saturated heterocycles. The van der Waals surface area contributed by atoms with E-state index in [-0.39, 0.29) is 0 Å². The van der Waals surface area contributed by atoms with Crippen molar-refractivity contribution in [1.82, 2.24) is 20.2 Å². The molecule has 0 saturated carbocycles. The molecule has 0 unspecified atom stereocenters. The molecule has 4 nitrogen and oxygen atoms in total. The molecule has 0 bridgehead atoms. The van der Waals surface area contributed by atoms with Gasteiger partial charge in [-0.3, -0.25) is 5.10 Å². The molecule has 0 aliphatic carbocycles. The van der Waals surface area contributed by atoms with E-state index in [1.807, 2.05) is 18.2 Å². The fraction of sp³-hybridized carbons (Fsp3) is 0.200. The fourth-order valence-corrected chi connectivity index (χ4v) is 2.93. The molecule has 0 amide bonds. The zero-order valence-electron chi connectivity index (χ0n) is 13.7. The summed E-state index contributed by atoms with van der Waals surface area (Å²) in [6.07, 6.45) is 8.01. The van der Waals surface area contributed by atoms with Crippen molar-refractivity contribution in [3.63, 3.8) is 0 Å². The Hall–Kier alpha value is -2.88. The number of aromatic nitrogens is 4. The summed E-state index contributed by atoms with van der Waals surface area (Å²) >= 11 is 0.